The molecule has 0 bridgehead atoms. The van der Waals surface area contributed by atoms with E-state index in [2.05, 4.69) is 5.32 Å². The van der Waals surface area contributed by atoms with Gasteiger partial charge in [0.25, 0.3) is 5.91 Å². The van der Waals surface area contributed by atoms with Crippen molar-refractivity contribution in [2.75, 3.05) is 0 Å². The van der Waals surface area contributed by atoms with Gasteiger partial charge in [-0.1, -0.05) is 103 Å². The van der Waals surface area contributed by atoms with Crippen LogP contribution >= 0.6 is 0 Å². The summed E-state index contributed by atoms with van der Waals surface area (Å²) in [6.45, 7) is 2.03. The number of fused-ring (bicyclic) bond motifs is 1. The van der Waals surface area contributed by atoms with E-state index >= 15 is 0 Å². The molecule has 0 aliphatic carbocycles. The van der Waals surface area contributed by atoms with Crippen LogP contribution in [-0.4, -0.2) is 10.9 Å². The van der Waals surface area contributed by atoms with E-state index in [0.717, 1.165) is 38.9 Å². The summed E-state index contributed by atoms with van der Waals surface area (Å²) in [6.07, 6.45) is 0. The molecule has 33 heavy (non-hydrogen) atoms. The zero-order chi connectivity index (χ0) is 22.6. The number of aryl methyl sites for hydroxylation is 1. The molecule has 1 N–H and O–H groups in total. The molecule has 0 radical (unpaired) electrons. The van der Waals surface area contributed by atoms with Gasteiger partial charge >= 0.3 is 0 Å². The van der Waals surface area contributed by atoms with Crippen molar-refractivity contribution in [3.05, 3.63) is 138 Å². The van der Waals surface area contributed by atoms with Crippen molar-refractivity contribution in [2.24, 2.45) is 0 Å². The summed E-state index contributed by atoms with van der Waals surface area (Å²) < 4.78 is 0. The van der Waals surface area contributed by atoms with E-state index in [1.165, 1.54) is 0 Å². The van der Waals surface area contributed by atoms with Crippen LogP contribution in [0.3, 0.4) is 0 Å². The Morgan fingerprint density at radius 3 is 1.91 bits per heavy atom. The molecule has 0 atom stereocenters. The van der Waals surface area contributed by atoms with Crippen LogP contribution in [-0.2, 0) is 0 Å². The first kappa shape index (κ1) is 20.7. The van der Waals surface area contributed by atoms with E-state index in [1.54, 1.807) is 0 Å². The predicted molar refractivity (Wildman–Crippen MR) is 134 cm³/mol. The molecule has 3 nitrogen and oxygen atoms in total. The van der Waals surface area contributed by atoms with Crippen molar-refractivity contribution in [3.63, 3.8) is 0 Å². The van der Waals surface area contributed by atoms with Crippen molar-refractivity contribution in [3.8, 4) is 11.3 Å². The molecule has 5 aromatic rings. The number of amides is 1. The van der Waals surface area contributed by atoms with E-state index in [1.807, 2.05) is 122 Å². The SMILES string of the molecule is Cc1ccc2nc(-c3ccccc3)cc(C(=O)NC(c3ccccc3)c3ccccc3)c2c1. The highest BCUT2D eigenvalue weighted by Crippen LogP contribution is 2.28. The molecule has 0 aliphatic rings. The predicted octanol–water partition coefficient (Wildman–Crippen LogP) is 6.73. The number of benzene rings is 4. The highest BCUT2D eigenvalue weighted by atomic mass is 16.1. The number of rotatable bonds is 5. The fourth-order valence-electron chi connectivity index (χ4n) is 4.14. The number of nitrogens with one attached hydrogen (secondary N) is 1. The molecule has 0 saturated carbocycles. The minimum atomic E-state index is -0.256. The third kappa shape index (κ3) is 4.39. The first-order valence-corrected chi connectivity index (χ1v) is 11.1. The van der Waals surface area contributed by atoms with Gasteiger partial charge in [0.1, 0.15) is 0 Å². The molecule has 5 rings (SSSR count). The average Bonchev–Trinajstić information content (AvgIpc) is 2.88. The normalized spacial score (nSPS) is 11.0. The van der Waals surface area contributed by atoms with E-state index in [9.17, 15) is 4.79 Å². The second-order valence-corrected chi connectivity index (χ2v) is 8.17. The highest BCUT2D eigenvalue weighted by Gasteiger charge is 2.20. The molecular weight excluding hydrogens is 404 g/mol. The van der Waals surface area contributed by atoms with Crippen LogP contribution in [0.15, 0.2) is 115 Å². The maximum atomic E-state index is 13.8. The Hall–Kier alpha value is -4.24. The van der Waals surface area contributed by atoms with Crippen LogP contribution in [0.2, 0.25) is 0 Å². The Morgan fingerprint density at radius 1 is 0.727 bits per heavy atom. The van der Waals surface area contributed by atoms with Gasteiger partial charge in [0.2, 0.25) is 0 Å². The summed E-state index contributed by atoms with van der Waals surface area (Å²) in [5.74, 6) is -0.122. The molecular formula is C30H24N2O. The molecule has 0 saturated heterocycles. The van der Waals surface area contributed by atoms with Gasteiger partial charge in [0.05, 0.1) is 22.8 Å². The topological polar surface area (TPSA) is 42.0 Å². The van der Waals surface area contributed by atoms with Crippen LogP contribution in [0, 0.1) is 6.92 Å². The van der Waals surface area contributed by atoms with Gasteiger partial charge in [-0.25, -0.2) is 4.98 Å². The molecule has 1 aromatic heterocycles. The number of pyridine rings is 1. The van der Waals surface area contributed by atoms with Gasteiger partial charge < -0.3 is 5.32 Å². The number of hydrogen-bond donors (Lipinski definition) is 1. The summed E-state index contributed by atoms with van der Waals surface area (Å²) in [5.41, 5.74) is 6.37. The Kier molecular flexibility index (Phi) is 5.69. The largest absolute Gasteiger partial charge is 0.341 e. The highest BCUT2D eigenvalue weighted by molar-refractivity contribution is 6.07. The van der Waals surface area contributed by atoms with Crippen LogP contribution in [0.4, 0.5) is 0 Å². The summed E-state index contributed by atoms with van der Waals surface area (Å²) >= 11 is 0. The molecule has 160 valence electrons. The Balaban J connectivity index is 1.61. The second-order valence-electron chi connectivity index (χ2n) is 8.17. The standard InChI is InChI=1S/C30H24N2O/c1-21-17-18-27-25(19-21)26(20-28(31-27)22-11-5-2-6-12-22)30(33)32-29(23-13-7-3-8-14-23)24-15-9-4-10-16-24/h2-20,29H,1H3,(H,32,33). The number of hydrogen-bond acceptors (Lipinski definition) is 2. The first-order valence-electron chi connectivity index (χ1n) is 11.1. The van der Waals surface area contributed by atoms with Crippen molar-refractivity contribution in [1.82, 2.24) is 10.3 Å². The molecule has 0 unspecified atom stereocenters. The number of aromatic nitrogens is 1. The number of carbonyl (C=O) groups is 1. The molecule has 4 aromatic carbocycles. The monoisotopic (exact) mass is 428 g/mol. The lowest BCUT2D eigenvalue weighted by atomic mass is 9.97. The third-order valence-corrected chi connectivity index (χ3v) is 5.82. The van der Waals surface area contributed by atoms with E-state index in [-0.39, 0.29) is 11.9 Å². The summed E-state index contributed by atoms with van der Waals surface area (Å²) in [4.78, 5) is 18.6. The van der Waals surface area contributed by atoms with Crippen LogP contribution in [0.25, 0.3) is 22.2 Å². The third-order valence-electron chi connectivity index (χ3n) is 5.82. The Labute approximate surface area is 193 Å². The van der Waals surface area contributed by atoms with Gasteiger partial charge in [0.15, 0.2) is 0 Å². The van der Waals surface area contributed by atoms with Crippen LogP contribution in [0.5, 0.6) is 0 Å². The summed E-state index contributed by atoms with van der Waals surface area (Å²) in [6, 6.07) is 37.8. The quantitative estimate of drug-likeness (QED) is 0.337. The van der Waals surface area contributed by atoms with E-state index in [4.69, 9.17) is 4.98 Å². The van der Waals surface area contributed by atoms with Gasteiger partial charge in [-0.15, -0.1) is 0 Å². The Morgan fingerprint density at radius 2 is 1.30 bits per heavy atom. The molecule has 1 heterocycles. The number of carbonyl (C=O) groups excluding carboxylic acids is 1. The van der Waals surface area contributed by atoms with Gasteiger partial charge in [-0.2, -0.15) is 0 Å². The smallest absolute Gasteiger partial charge is 0.252 e. The molecule has 0 aliphatic heterocycles. The lowest BCUT2D eigenvalue weighted by Crippen LogP contribution is -2.29. The van der Waals surface area contributed by atoms with Gasteiger partial charge in [-0.05, 0) is 36.2 Å². The van der Waals surface area contributed by atoms with E-state index < -0.39 is 0 Å². The summed E-state index contributed by atoms with van der Waals surface area (Å²) in [7, 11) is 0. The zero-order valence-corrected chi connectivity index (χ0v) is 18.4. The van der Waals surface area contributed by atoms with Crippen molar-refractivity contribution in [1.29, 1.82) is 0 Å². The van der Waals surface area contributed by atoms with Gasteiger partial charge in [-0.3, -0.25) is 4.79 Å². The minimum absolute atomic E-state index is 0.122. The maximum absolute atomic E-state index is 13.8. The van der Waals surface area contributed by atoms with Crippen molar-refractivity contribution < 1.29 is 4.79 Å². The maximum Gasteiger partial charge on any atom is 0.252 e. The first-order chi connectivity index (χ1) is 16.2. The van der Waals surface area contributed by atoms with Crippen LogP contribution in [0.1, 0.15) is 33.1 Å². The van der Waals surface area contributed by atoms with Gasteiger partial charge in [0, 0.05) is 10.9 Å². The minimum Gasteiger partial charge on any atom is -0.341 e. The summed E-state index contributed by atoms with van der Waals surface area (Å²) in [5, 5.41) is 4.14. The lowest BCUT2D eigenvalue weighted by molar-refractivity contribution is 0.0944. The van der Waals surface area contributed by atoms with Crippen LogP contribution < -0.4 is 5.32 Å². The van der Waals surface area contributed by atoms with Crippen molar-refractivity contribution in [2.45, 2.75) is 13.0 Å². The zero-order valence-electron chi connectivity index (χ0n) is 18.4. The molecule has 3 heteroatoms. The fraction of sp³-hybridized carbons (Fsp3) is 0.0667. The molecule has 0 spiro atoms. The number of nitrogens with zero attached hydrogens (tertiary/aromatic N) is 1. The average molecular weight is 429 g/mol. The lowest BCUT2D eigenvalue weighted by Gasteiger charge is -2.21. The second kappa shape index (κ2) is 9.09. The molecule has 1 amide bonds. The van der Waals surface area contributed by atoms with Crippen molar-refractivity contribution >= 4 is 16.8 Å². The fourth-order valence-corrected chi connectivity index (χ4v) is 4.14. The Bertz CT molecular complexity index is 1360. The molecule has 0 fully saturated rings. The van der Waals surface area contributed by atoms with E-state index in [0.29, 0.717) is 5.56 Å².